The second-order valence-electron chi connectivity index (χ2n) is 4.29. The summed E-state index contributed by atoms with van der Waals surface area (Å²) < 4.78 is 5.27. The molecule has 0 aliphatic heterocycles. The minimum atomic E-state index is -1.16. The number of benzene rings is 1. The van der Waals surface area contributed by atoms with E-state index in [9.17, 15) is 19.2 Å². The Hall–Kier alpha value is -2.90. The van der Waals surface area contributed by atoms with Gasteiger partial charge in [0.05, 0.1) is 7.11 Å². The second kappa shape index (κ2) is 6.04. The van der Waals surface area contributed by atoms with Crippen LogP contribution in [0.3, 0.4) is 0 Å². The van der Waals surface area contributed by atoms with Crippen molar-refractivity contribution in [2.24, 2.45) is 0 Å². The lowest BCUT2D eigenvalue weighted by Gasteiger charge is -2.15. The largest absolute Gasteiger partial charge is 0.467 e. The molecule has 110 valence electrons. The van der Waals surface area contributed by atoms with Gasteiger partial charge in [-0.05, 0) is 5.56 Å². The topological polar surface area (TPSA) is 114 Å². The number of carbonyl (C=O) groups is 1. The zero-order chi connectivity index (χ0) is 15.4. The summed E-state index contributed by atoms with van der Waals surface area (Å²) in [5.41, 5.74) is -2.11. The number of methoxy groups -OCH3 is 1. The summed E-state index contributed by atoms with van der Waals surface area (Å²) in [6.07, 6.45) is 0.0859. The van der Waals surface area contributed by atoms with Gasteiger partial charge < -0.3 is 4.74 Å². The van der Waals surface area contributed by atoms with Crippen LogP contribution in [0.1, 0.15) is 11.6 Å². The molecule has 1 heterocycles. The monoisotopic (exact) mass is 291 g/mol. The summed E-state index contributed by atoms with van der Waals surface area (Å²) in [5.74, 6) is -0.751. The van der Waals surface area contributed by atoms with Gasteiger partial charge in [-0.15, -0.1) is 0 Å². The van der Waals surface area contributed by atoms with Gasteiger partial charge in [0.1, 0.15) is 6.04 Å². The maximum absolute atomic E-state index is 11.9. The highest BCUT2D eigenvalue weighted by molar-refractivity contribution is 5.74. The first-order valence-electron chi connectivity index (χ1n) is 6.10. The number of nitrogens with one attached hydrogen (secondary N) is 2. The first-order chi connectivity index (χ1) is 10.0. The Kier molecular flexibility index (Phi) is 4.17. The summed E-state index contributed by atoms with van der Waals surface area (Å²) in [5, 5.41) is 0. The average Bonchev–Trinajstić information content (AvgIpc) is 2.45. The van der Waals surface area contributed by atoms with Crippen molar-refractivity contribution in [2.45, 2.75) is 12.5 Å². The number of aromatic amines is 2. The molecule has 0 fully saturated rings. The Morgan fingerprint density at radius 3 is 2.24 bits per heavy atom. The van der Waals surface area contributed by atoms with Gasteiger partial charge >= 0.3 is 23.0 Å². The maximum Gasteiger partial charge on any atom is 0.334 e. The van der Waals surface area contributed by atoms with Crippen LogP contribution in [-0.4, -0.2) is 27.6 Å². The SMILES string of the molecule is COC(=O)C(Cc1ccccc1)n1c(=O)[nH]c(=O)[nH]c1=O. The third-order valence-corrected chi connectivity index (χ3v) is 2.94. The highest BCUT2D eigenvalue weighted by Crippen LogP contribution is 2.12. The lowest BCUT2D eigenvalue weighted by molar-refractivity contribution is -0.144. The molecule has 0 aliphatic rings. The molecular weight excluding hydrogens is 278 g/mol. The number of esters is 1. The molecule has 21 heavy (non-hydrogen) atoms. The lowest BCUT2D eigenvalue weighted by Crippen LogP contribution is -2.47. The molecule has 8 heteroatoms. The number of hydrogen-bond donors (Lipinski definition) is 2. The third-order valence-electron chi connectivity index (χ3n) is 2.94. The van der Waals surface area contributed by atoms with E-state index in [1.807, 2.05) is 9.97 Å². The molecule has 1 atom stereocenters. The fourth-order valence-electron chi connectivity index (χ4n) is 1.97. The highest BCUT2D eigenvalue weighted by atomic mass is 16.5. The normalized spacial score (nSPS) is 11.9. The van der Waals surface area contributed by atoms with E-state index in [0.29, 0.717) is 4.57 Å². The molecule has 0 amide bonds. The fourth-order valence-corrected chi connectivity index (χ4v) is 1.97. The number of ether oxygens (including phenoxy) is 1. The minimum Gasteiger partial charge on any atom is -0.467 e. The zero-order valence-electron chi connectivity index (χ0n) is 11.2. The quantitative estimate of drug-likeness (QED) is 0.714. The summed E-state index contributed by atoms with van der Waals surface area (Å²) >= 11 is 0. The van der Waals surface area contributed by atoms with Crippen LogP contribution in [0.25, 0.3) is 0 Å². The molecule has 0 radical (unpaired) electrons. The van der Waals surface area contributed by atoms with Crippen molar-refractivity contribution in [3.05, 3.63) is 67.3 Å². The predicted molar refractivity (Wildman–Crippen MR) is 73.1 cm³/mol. The Morgan fingerprint density at radius 1 is 1.14 bits per heavy atom. The van der Waals surface area contributed by atoms with Crippen molar-refractivity contribution in [1.82, 2.24) is 14.5 Å². The fraction of sp³-hybridized carbons (Fsp3) is 0.231. The van der Waals surface area contributed by atoms with Gasteiger partial charge in [0, 0.05) is 6.42 Å². The van der Waals surface area contributed by atoms with Crippen LogP contribution < -0.4 is 17.1 Å². The van der Waals surface area contributed by atoms with Crippen molar-refractivity contribution < 1.29 is 9.53 Å². The van der Waals surface area contributed by atoms with E-state index < -0.39 is 29.1 Å². The smallest absolute Gasteiger partial charge is 0.334 e. The van der Waals surface area contributed by atoms with E-state index in [0.717, 1.165) is 12.7 Å². The van der Waals surface area contributed by atoms with Crippen LogP contribution in [0.5, 0.6) is 0 Å². The Labute approximate surface area is 118 Å². The Morgan fingerprint density at radius 2 is 1.71 bits per heavy atom. The van der Waals surface area contributed by atoms with E-state index in [4.69, 9.17) is 0 Å². The lowest BCUT2D eigenvalue weighted by atomic mass is 10.1. The Balaban J connectivity index is 2.52. The number of carbonyl (C=O) groups excluding carboxylic acids is 1. The molecule has 1 aromatic carbocycles. The van der Waals surface area contributed by atoms with Crippen molar-refractivity contribution in [3.8, 4) is 0 Å². The highest BCUT2D eigenvalue weighted by Gasteiger charge is 2.25. The van der Waals surface area contributed by atoms with E-state index in [2.05, 4.69) is 4.74 Å². The van der Waals surface area contributed by atoms with Crippen LogP contribution in [0.2, 0.25) is 0 Å². The van der Waals surface area contributed by atoms with Gasteiger partial charge in [0.15, 0.2) is 0 Å². The molecule has 2 aromatic rings. The van der Waals surface area contributed by atoms with Crippen molar-refractivity contribution in [2.75, 3.05) is 7.11 Å². The summed E-state index contributed by atoms with van der Waals surface area (Å²) in [7, 11) is 1.16. The van der Waals surface area contributed by atoms with Gasteiger partial charge in [-0.3, -0.25) is 9.97 Å². The van der Waals surface area contributed by atoms with Crippen molar-refractivity contribution >= 4 is 5.97 Å². The van der Waals surface area contributed by atoms with Gasteiger partial charge in [0.25, 0.3) is 0 Å². The van der Waals surface area contributed by atoms with Gasteiger partial charge in [-0.2, -0.15) is 0 Å². The summed E-state index contributed by atoms with van der Waals surface area (Å²) in [4.78, 5) is 50.3. The first kappa shape index (κ1) is 14.5. The standard InChI is InChI=1S/C13H13N3O5/c1-21-10(17)9(7-8-5-3-2-4-6-8)16-12(19)14-11(18)15-13(16)20/h2-6,9H,7H2,1H3,(H2,14,15,18,19,20). The van der Waals surface area contributed by atoms with E-state index in [1.54, 1.807) is 30.3 Å². The van der Waals surface area contributed by atoms with Crippen molar-refractivity contribution in [1.29, 1.82) is 0 Å². The second-order valence-corrected chi connectivity index (χ2v) is 4.29. The van der Waals surface area contributed by atoms with Crippen LogP contribution in [0.15, 0.2) is 44.7 Å². The molecule has 0 saturated heterocycles. The zero-order valence-corrected chi connectivity index (χ0v) is 11.2. The van der Waals surface area contributed by atoms with Crippen LogP contribution in [-0.2, 0) is 16.0 Å². The summed E-state index contributed by atoms with van der Waals surface area (Å²) in [6.45, 7) is 0. The first-order valence-corrected chi connectivity index (χ1v) is 6.10. The van der Waals surface area contributed by atoms with E-state index >= 15 is 0 Å². The number of hydrogen-bond acceptors (Lipinski definition) is 5. The maximum atomic E-state index is 11.9. The van der Waals surface area contributed by atoms with E-state index in [1.165, 1.54) is 0 Å². The minimum absolute atomic E-state index is 0.0859. The molecule has 0 spiro atoms. The van der Waals surface area contributed by atoms with Gasteiger partial charge in [0.2, 0.25) is 0 Å². The molecule has 2 rings (SSSR count). The predicted octanol–water partition coefficient (Wildman–Crippen LogP) is -0.818. The molecule has 0 saturated carbocycles. The Bertz CT molecular complexity index is 769. The molecule has 2 N–H and O–H groups in total. The molecule has 1 aromatic heterocycles. The van der Waals surface area contributed by atoms with Crippen LogP contribution >= 0.6 is 0 Å². The van der Waals surface area contributed by atoms with Gasteiger partial charge in [-0.1, -0.05) is 30.3 Å². The number of aromatic nitrogens is 3. The number of nitrogens with zero attached hydrogens (tertiary/aromatic N) is 1. The number of H-pyrrole nitrogens is 2. The molecule has 0 aliphatic carbocycles. The van der Waals surface area contributed by atoms with Crippen LogP contribution in [0.4, 0.5) is 0 Å². The van der Waals surface area contributed by atoms with Crippen molar-refractivity contribution in [3.63, 3.8) is 0 Å². The summed E-state index contributed by atoms with van der Waals surface area (Å²) in [6, 6.07) is 7.68. The average molecular weight is 291 g/mol. The number of rotatable bonds is 4. The molecular formula is C13H13N3O5. The van der Waals surface area contributed by atoms with Gasteiger partial charge in [-0.25, -0.2) is 23.7 Å². The van der Waals surface area contributed by atoms with Crippen LogP contribution in [0, 0.1) is 0 Å². The molecule has 0 bridgehead atoms. The molecule has 8 nitrogen and oxygen atoms in total. The van der Waals surface area contributed by atoms with E-state index in [-0.39, 0.29) is 6.42 Å². The third kappa shape index (κ3) is 3.16. The molecule has 1 unspecified atom stereocenters.